The lowest BCUT2D eigenvalue weighted by atomic mass is 9.72. The molecule has 0 spiro atoms. The minimum absolute atomic E-state index is 0.265. The zero-order valence-electron chi connectivity index (χ0n) is 21.3. The first-order chi connectivity index (χ1) is 18.1. The minimum Gasteiger partial charge on any atom is -0.453 e. The van der Waals surface area contributed by atoms with Crippen LogP contribution in [-0.4, -0.2) is 0 Å². The molecule has 0 saturated carbocycles. The number of hydrogen-bond donors (Lipinski definition) is 0. The van der Waals surface area contributed by atoms with Gasteiger partial charge in [0.1, 0.15) is 0 Å². The van der Waals surface area contributed by atoms with Crippen LogP contribution in [0.1, 0.15) is 30.5 Å². The molecule has 0 fully saturated rings. The lowest BCUT2D eigenvalue weighted by Crippen LogP contribution is -2.34. The summed E-state index contributed by atoms with van der Waals surface area (Å²) in [6.07, 6.45) is 0. The second kappa shape index (κ2) is 8.01. The van der Waals surface area contributed by atoms with Crippen LogP contribution in [-0.2, 0) is 5.41 Å². The van der Waals surface area contributed by atoms with Gasteiger partial charge in [0.05, 0.1) is 22.7 Å². The fourth-order valence-corrected chi connectivity index (χ4v) is 6.05. The van der Waals surface area contributed by atoms with Gasteiger partial charge >= 0.3 is 0 Å². The first-order valence-electron chi connectivity index (χ1n) is 12.8. The first kappa shape index (κ1) is 21.8. The zero-order chi connectivity index (χ0) is 25.1. The summed E-state index contributed by atoms with van der Waals surface area (Å²) in [4.78, 5) is 4.80. The summed E-state index contributed by atoms with van der Waals surface area (Å²) >= 11 is 0. The molecule has 3 nitrogen and oxygen atoms in total. The minimum atomic E-state index is -0.265. The second-order valence-corrected chi connectivity index (χ2v) is 10.3. The van der Waals surface area contributed by atoms with Crippen molar-refractivity contribution < 1.29 is 4.74 Å². The molecule has 0 bridgehead atoms. The van der Waals surface area contributed by atoms with Crippen LogP contribution >= 0.6 is 0 Å². The Morgan fingerprint density at radius 2 is 1.24 bits per heavy atom. The van der Waals surface area contributed by atoms with E-state index < -0.39 is 0 Å². The normalized spacial score (nSPS) is 14.2. The van der Waals surface area contributed by atoms with Crippen molar-refractivity contribution in [3.05, 3.63) is 132 Å². The maximum absolute atomic E-state index is 6.60. The van der Waals surface area contributed by atoms with Crippen LogP contribution in [0.15, 0.2) is 115 Å². The maximum Gasteiger partial charge on any atom is 0.152 e. The van der Waals surface area contributed by atoms with Crippen molar-refractivity contribution in [1.82, 2.24) is 0 Å². The number of anilines is 6. The van der Waals surface area contributed by atoms with Gasteiger partial charge in [-0.3, -0.25) is 0 Å². The average Bonchev–Trinajstić information content (AvgIpc) is 2.93. The average molecular weight is 481 g/mol. The van der Waals surface area contributed by atoms with Crippen LogP contribution in [0, 0.1) is 6.92 Å². The molecule has 0 amide bonds. The van der Waals surface area contributed by atoms with Crippen molar-refractivity contribution in [2.24, 2.45) is 0 Å². The number of fused-ring (bicyclic) bond motifs is 4. The van der Waals surface area contributed by atoms with Crippen molar-refractivity contribution in [3.63, 3.8) is 0 Å². The van der Waals surface area contributed by atoms with E-state index in [-0.39, 0.29) is 5.41 Å². The molecule has 0 radical (unpaired) electrons. The molecule has 0 aromatic heterocycles. The number of rotatable bonds is 3. The van der Waals surface area contributed by atoms with Crippen molar-refractivity contribution in [1.29, 1.82) is 0 Å². The molecule has 2 aliphatic rings. The van der Waals surface area contributed by atoms with E-state index in [1.54, 1.807) is 0 Å². The quantitative estimate of drug-likeness (QED) is 0.251. The molecule has 0 aliphatic carbocycles. The van der Waals surface area contributed by atoms with Crippen molar-refractivity contribution >= 4 is 34.1 Å². The fraction of sp³-hybridized carbons (Fsp3) is 0.118. The summed E-state index contributed by atoms with van der Waals surface area (Å²) in [5.74, 6) is 1.78. The van der Waals surface area contributed by atoms with Crippen LogP contribution in [0.4, 0.5) is 34.1 Å². The lowest BCUT2D eigenvalue weighted by Gasteiger charge is -2.47. The zero-order valence-corrected chi connectivity index (χ0v) is 21.3. The molecule has 0 N–H and O–H groups in total. The number of benzene rings is 5. The van der Waals surface area contributed by atoms with Crippen molar-refractivity contribution in [2.45, 2.75) is 26.2 Å². The largest absolute Gasteiger partial charge is 0.453 e. The third-order valence-corrected chi connectivity index (χ3v) is 7.70. The van der Waals surface area contributed by atoms with Crippen LogP contribution in [0.3, 0.4) is 0 Å². The van der Waals surface area contributed by atoms with Crippen LogP contribution in [0.5, 0.6) is 11.5 Å². The summed E-state index contributed by atoms with van der Waals surface area (Å²) in [5, 5.41) is 0. The van der Waals surface area contributed by atoms with E-state index in [9.17, 15) is 0 Å². The highest BCUT2D eigenvalue weighted by Gasteiger charge is 2.44. The van der Waals surface area contributed by atoms with E-state index in [1.807, 2.05) is 0 Å². The third-order valence-electron chi connectivity index (χ3n) is 7.70. The van der Waals surface area contributed by atoms with E-state index in [4.69, 9.17) is 4.74 Å². The van der Waals surface area contributed by atoms with Gasteiger partial charge < -0.3 is 14.5 Å². The molecule has 3 heteroatoms. The van der Waals surface area contributed by atoms with Gasteiger partial charge in [-0.05, 0) is 66.6 Å². The Kier molecular flexibility index (Phi) is 4.71. The van der Waals surface area contributed by atoms with Gasteiger partial charge in [-0.25, -0.2) is 0 Å². The highest BCUT2D eigenvalue weighted by molar-refractivity contribution is 5.98. The van der Waals surface area contributed by atoms with Crippen molar-refractivity contribution in [2.75, 3.05) is 9.80 Å². The molecule has 5 aromatic carbocycles. The Labute approximate surface area is 218 Å². The molecule has 2 aliphatic heterocycles. The number of ether oxygens (including phenoxy) is 1. The van der Waals surface area contributed by atoms with E-state index >= 15 is 0 Å². The smallest absolute Gasteiger partial charge is 0.152 e. The molecule has 180 valence electrons. The predicted octanol–water partition coefficient (Wildman–Crippen LogP) is 9.68. The molecule has 0 unspecified atom stereocenters. The SMILES string of the molecule is Cc1cccc2c1N1c3ccccc3C(C)(C)c3c(N(c4ccccc4)c4ccccc4)ccc(c31)O2. The Bertz CT molecular complexity index is 1600. The summed E-state index contributed by atoms with van der Waals surface area (Å²) in [7, 11) is 0. The molecular formula is C34H28N2O. The molecule has 0 saturated heterocycles. The Morgan fingerprint density at radius 1 is 0.622 bits per heavy atom. The topological polar surface area (TPSA) is 15.7 Å². The van der Waals surface area contributed by atoms with Crippen LogP contribution in [0.25, 0.3) is 0 Å². The summed E-state index contributed by atoms with van der Waals surface area (Å²) in [6, 6.07) is 40.7. The van der Waals surface area contributed by atoms with Crippen LogP contribution in [0.2, 0.25) is 0 Å². The maximum atomic E-state index is 6.60. The number of aryl methyl sites for hydroxylation is 1. The fourth-order valence-electron chi connectivity index (χ4n) is 6.05. The lowest BCUT2D eigenvalue weighted by molar-refractivity contribution is 0.471. The highest BCUT2D eigenvalue weighted by Crippen LogP contribution is 2.63. The van der Waals surface area contributed by atoms with E-state index in [0.29, 0.717) is 0 Å². The van der Waals surface area contributed by atoms with E-state index in [0.717, 1.165) is 39.9 Å². The van der Waals surface area contributed by atoms with Gasteiger partial charge in [-0.2, -0.15) is 0 Å². The first-order valence-corrected chi connectivity index (χ1v) is 12.8. The third kappa shape index (κ3) is 3.14. The Balaban J connectivity index is 1.59. The van der Waals surface area contributed by atoms with E-state index in [2.05, 4.69) is 146 Å². The van der Waals surface area contributed by atoms with Gasteiger partial charge in [0.2, 0.25) is 0 Å². The Hall–Kier alpha value is -4.50. The number of para-hydroxylation sites is 4. The summed E-state index contributed by atoms with van der Waals surface area (Å²) in [5.41, 5.74) is 10.3. The summed E-state index contributed by atoms with van der Waals surface area (Å²) < 4.78 is 6.60. The van der Waals surface area contributed by atoms with Gasteiger partial charge in [0.15, 0.2) is 11.5 Å². The van der Waals surface area contributed by atoms with E-state index in [1.165, 1.54) is 22.4 Å². The van der Waals surface area contributed by atoms with Gasteiger partial charge in [-0.1, -0.05) is 80.6 Å². The molecule has 2 heterocycles. The van der Waals surface area contributed by atoms with Crippen molar-refractivity contribution in [3.8, 4) is 11.5 Å². The standard InChI is InChI=1S/C34H28N2O/c1-23-13-12-20-29-32(23)36-27-19-11-10-18-26(27)34(2,3)31-28(21-22-30(37-29)33(31)36)35(24-14-6-4-7-15-24)25-16-8-5-9-17-25/h4-22H,1-3H3. The van der Waals surface area contributed by atoms with Gasteiger partial charge in [0, 0.05) is 22.4 Å². The predicted molar refractivity (Wildman–Crippen MR) is 153 cm³/mol. The molecular weight excluding hydrogens is 452 g/mol. The van der Waals surface area contributed by atoms with Gasteiger partial charge in [-0.15, -0.1) is 0 Å². The number of nitrogens with zero attached hydrogens (tertiary/aromatic N) is 2. The Morgan fingerprint density at radius 3 is 1.95 bits per heavy atom. The van der Waals surface area contributed by atoms with Crippen LogP contribution < -0.4 is 14.5 Å². The molecule has 0 atom stereocenters. The molecule has 7 rings (SSSR count). The number of hydrogen-bond acceptors (Lipinski definition) is 3. The molecule has 5 aromatic rings. The monoisotopic (exact) mass is 480 g/mol. The second-order valence-electron chi connectivity index (χ2n) is 10.3. The molecule has 37 heavy (non-hydrogen) atoms. The van der Waals surface area contributed by atoms with Gasteiger partial charge in [0.25, 0.3) is 0 Å². The highest BCUT2D eigenvalue weighted by atomic mass is 16.5. The summed E-state index contributed by atoms with van der Waals surface area (Å²) in [6.45, 7) is 6.84.